The lowest BCUT2D eigenvalue weighted by Gasteiger charge is -2.53. The predicted octanol–water partition coefficient (Wildman–Crippen LogP) is 7.79. The fourth-order valence-corrected chi connectivity index (χ4v) is 8.38. The van der Waals surface area contributed by atoms with Crippen molar-refractivity contribution in [3.63, 3.8) is 0 Å². The molecule has 5 aromatic rings. The van der Waals surface area contributed by atoms with Crippen LogP contribution >= 0.6 is 0 Å². The van der Waals surface area contributed by atoms with E-state index in [1.165, 1.54) is 33.3 Å². The number of furan rings is 1. The highest BCUT2D eigenvalue weighted by atomic mass is 16.3. The van der Waals surface area contributed by atoms with E-state index in [1.807, 2.05) is 6.20 Å². The van der Waals surface area contributed by atoms with Gasteiger partial charge >= 0.3 is 0 Å². The van der Waals surface area contributed by atoms with Crippen molar-refractivity contribution in [3.8, 4) is 0 Å². The molecule has 5 heterocycles. The normalized spacial score (nSPS) is 22.0. The Kier molecular flexibility index (Phi) is 5.77. The van der Waals surface area contributed by atoms with Crippen LogP contribution in [0.15, 0.2) is 90.0 Å². The van der Waals surface area contributed by atoms with Gasteiger partial charge in [0.25, 0.3) is 0 Å². The molecule has 3 aromatic carbocycles. The predicted molar refractivity (Wildman–Crippen MR) is 175 cm³/mol. The van der Waals surface area contributed by atoms with Gasteiger partial charge in [-0.25, -0.2) is 9.97 Å². The highest BCUT2D eigenvalue weighted by Gasteiger charge is 2.52. The van der Waals surface area contributed by atoms with E-state index in [-0.39, 0.29) is 17.7 Å². The highest BCUT2D eigenvalue weighted by Crippen LogP contribution is 2.56. The van der Waals surface area contributed by atoms with E-state index in [4.69, 9.17) is 9.40 Å². The van der Waals surface area contributed by atoms with Crippen LogP contribution < -0.4 is 14.7 Å². The number of para-hydroxylation sites is 2. The molecule has 0 saturated heterocycles. The Morgan fingerprint density at radius 1 is 0.884 bits per heavy atom. The van der Waals surface area contributed by atoms with Gasteiger partial charge in [-0.2, -0.15) is 0 Å². The standard InChI is InChI=1S/C36H38N6O/c1-6-36(7-2)27-17-16-26-25-13-9-11-15-31(25)43-33(26)32(27)41-19-18-39(4)35(41)28(36)20-24-12-8-10-14-29(24)42-23(3)40(5)30-21-37-22-38-34(30)42/h8-19,21-23,28,35H,6-7,20H2,1-5H3. The van der Waals surface area contributed by atoms with Crippen molar-refractivity contribution in [1.82, 2.24) is 14.9 Å². The maximum Gasteiger partial charge on any atom is 0.161 e. The lowest BCUT2D eigenvalue weighted by Crippen LogP contribution is -2.56. The minimum atomic E-state index is -0.0372. The van der Waals surface area contributed by atoms with Crippen LogP contribution in [0.25, 0.3) is 21.9 Å². The molecule has 8 rings (SSSR count). The third-order valence-corrected chi connectivity index (χ3v) is 10.7. The maximum atomic E-state index is 6.65. The summed E-state index contributed by atoms with van der Waals surface area (Å²) in [5, 5.41) is 2.37. The number of nitrogens with zero attached hydrogens (tertiary/aromatic N) is 6. The van der Waals surface area contributed by atoms with Crippen molar-refractivity contribution in [3.05, 3.63) is 96.7 Å². The van der Waals surface area contributed by atoms with E-state index in [2.05, 4.69) is 133 Å². The van der Waals surface area contributed by atoms with Crippen LogP contribution in [0.4, 0.5) is 22.9 Å². The van der Waals surface area contributed by atoms with E-state index in [0.29, 0.717) is 5.92 Å². The van der Waals surface area contributed by atoms with Gasteiger partial charge in [0, 0.05) is 54.3 Å². The van der Waals surface area contributed by atoms with Gasteiger partial charge in [0.05, 0.1) is 11.9 Å². The van der Waals surface area contributed by atoms with E-state index in [1.54, 1.807) is 6.33 Å². The molecule has 0 bridgehead atoms. The number of hydrogen-bond donors (Lipinski definition) is 0. The molecule has 2 aromatic heterocycles. The highest BCUT2D eigenvalue weighted by molar-refractivity contribution is 6.10. The second-order valence-corrected chi connectivity index (χ2v) is 12.4. The summed E-state index contributed by atoms with van der Waals surface area (Å²) in [6, 6.07) is 22.0. The molecule has 3 aliphatic heterocycles. The molecule has 0 fully saturated rings. The zero-order valence-electron chi connectivity index (χ0n) is 25.5. The SMILES string of the molecule is CCC1(CC)c2ccc3c(oc4ccccc43)c2N2C=CN(C)C2C1Cc1ccccc1N1c2ncncc2N(C)C1C. The first-order valence-corrected chi connectivity index (χ1v) is 15.5. The quantitative estimate of drug-likeness (QED) is 0.214. The summed E-state index contributed by atoms with van der Waals surface area (Å²) in [6.07, 6.45) is 11.4. The van der Waals surface area contributed by atoms with Crippen molar-refractivity contribution < 1.29 is 4.42 Å². The van der Waals surface area contributed by atoms with Crippen LogP contribution in [0.3, 0.4) is 0 Å². The molecule has 7 nitrogen and oxygen atoms in total. The minimum Gasteiger partial charge on any atom is -0.454 e. The van der Waals surface area contributed by atoms with Gasteiger partial charge in [0.2, 0.25) is 0 Å². The Morgan fingerprint density at radius 2 is 1.67 bits per heavy atom. The second-order valence-electron chi connectivity index (χ2n) is 12.4. The van der Waals surface area contributed by atoms with Crippen LogP contribution in [-0.2, 0) is 11.8 Å². The maximum absolute atomic E-state index is 6.65. The summed E-state index contributed by atoms with van der Waals surface area (Å²) >= 11 is 0. The van der Waals surface area contributed by atoms with Crippen molar-refractivity contribution in [2.75, 3.05) is 28.8 Å². The lowest BCUT2D eigenvalue weighted by atomic mass is 9.60. The molecule has 0 saturated carbocycles. The first-order valence-electron chi connectivity index (χ1n) is 15.5. The number of hydrogen-bond acceptors (Lipinski definition) is 7. The van der Waals surface area contributed by atoms with Gasteiger partial charge in [-0.15, -0.1) is 0 Å². The van der Waals surface area contributed by atoms with E-state index in [0.717, 1.165) is 41.9 Å². The van der Waals surface area contributed by atoms with E-state index >= 15 is 0 Å². The summed E-state index contributed by atoms with van der Waals surface area (Å²) in [5.41, 5.74) is 8.17. The van der Waals surface area contributed by atoms with Gasteiger partial charge in [-0.1, -0.05) is 62.4 Å². The smallest absolute Gasteiger partial charge is 0.161 e. The molecule has 3 aliphatic rings. The fourth-order valence-electron chi connectivity index (χ4n) is 8.38. The molecule has 43 heavy (non-hydrogen) atoms. The molecule has 3 atom stereocenters. The second kappa shape index (κ2) is 9.49. The third-order valence-electron chi connectivity index (χ3n) is 10.7. The van der Waals surface area contributed by atoms with E-state index in [9.17, 15) is 0 Å². The van der Waals surface area contributed by atoms with Crippen LogP contribution in [0, 0.1) is 5.92 Å². The molecule has 0 radical (unpaired) electrons. The third kappa shape index (κ3) is 3.48. The van der Waals surface area contributed by atoms with E-state index < -0.39 is 0 Å². The molecule has 3 unspecified atom stereocenters. The number of anilines is 4. The molecule has 7 heteroatoms. The summed E-state index contributed by atoms with van der Waals surface area (Å²) in [7, 11) is 4.35. The average molecular weight is 571 g/mol. The summed E-state index contributed by atoms with van der Waals surface area (Å²) in [5.74, 6) is 1.30. The topological polar surface area (TPSA) is 51.9 Å². The monoisotopic (exact) mass is 570 g/mol. The molecule has 0 amide bonds. The number of benzene rings is 3. The van der Waals surface area contributed by atoms with Crippen molar-refractivity contribution >= 4 is 44.8 Å². The van der Waals surface area contributed by atoms with Crippen molar-refractivity contribution in [2.24, 2.45) is 5.92 Å². The largest absolute Gasteiger partial charge is 0.454 e. The summed E-state index contributed by atoms with van der Waals surface area (Å²) in [6.45, 7) is 6.99. The van der Waals surface area contributed by atoms with Crippen LogP contribution in [-0.4, -0.2) is 41.3 Å². The average Bonchev–Trinajstić information content (AvgIpc) is 3.69. The van der Waals surface area contributed by atoms with Gasteiger partial charge < -0.3 is 24.0 Å². The van der Waals surface area contributed by atoms with Gasteiger partial charge in [0.1, 0.15) is 29.9 Å². The fraction of sp³-hybridized carbons (Fsp3) is 0.333. The Bertz CT molecular complexity index is 1890. The zero-order chi connectivity index (χ0) is 29.5. The molecule has 218 valence electrons. The molecular formula is C36H38N6O. The first-order chi connectivity index (χ1) is 21.0. The Labute approximate surface area is 253 Å². The van der Waals surface area contributed by atoms with Gasteiger partial charge in [-0.3, -0.25) is 0 Å². The summed E-state index contributed by atoms with van der Waals surface area (Å²) in [4.78, 5) is 18.6. The number of fused-ring (bicyclic) bond motifs is 8. The molecular weight excluding hydrogens is 532 g/mol. The van der Waals surface area contributed by atoms with Crippen LogP contribution in [0.2, 0.25) is 0 Å². The van der Waals surface area contributed by atoms with Crippen LogP contribution in [0.1, 0.15) is 44.7 Å². The molecule has 0 spiro atoms. The van der Waals surface area contributed by atoms with Crippen LogP contribution in [0.5, 0.6) is 0 Å². The van der Waals surface area contributed by atoms with Crippen molar-refractivity contribution in [1.29, 1.82) is 0 Å². The first kappa shape index (κ1) is 26.1. The molecule has 0 N–H and O–H groups in total. The number of rotatable bonds is 5. The lowest BCUT2D eigenvalue weighted by molar-refractivity contribution is 0.131. The minimum absolute atomic E-state index is 0.0372. The Morgan fingerprint density at radius 3 is 2.51 bits per heavy atom. The van der Waals surface area contributed by atoms with Crippen molar-refractivity contribution in [2.45, 2.75) is 57.8 Å². The summed E-state index contributed by atoms with van der Waals surface area (Å²) < 4.78 is 6.65. The Balaban J connectivity index is 1.30. The zero-order valence-corrected chi connectivity index (χ0v) is 25.5. The molecule has 0 aliphatic carbocycles. The van der Waals surface area contributed by atoms with Gasteiger partial charge in [-0.05, 0) is 49.4 Å². The Hall–Kier alpha value is -4.52. The van der Waals surface area contributed by atoms with Gasteiger partial charge in [0.15, 0.2) is 11.4 Å². The number of aromatic nitrogens is 2.